The Kier molecular flexibility index (Phi) is 3.88. The van der Waals surface area contributed by atoms with Crippen molar-refractivity contribution in [2.24, 2.45) is 0 Å². The standard InChI is InChI=1S/C21H20N2O2/c1-2-20(24)23-12-15-7-9-17(11-16(15)13-23)22-21(25)19-10-8-14-5-3-4-6-18(14)19/h2-7,9,11,19H,1,8,10,12-13H2,(H,22,25). The first-order valence-corrected chi connectivity index (χ1v) is 8.57. The Labute approximate surface area is 147 Å². The quantitative estimate of drug-likeness (QED) is 0.876. The van der Waals surface area contributed by atoms with Crippen molar-refractivity contribution < 1.29 is 9.59 Å². The van der Waals surface area contributed by atoms with Crippen LogP contribution in [0.15, 0.2) is 55.1 Å². The zero-order valence-corrected chi connectivity index (χ0v) is 14.0. The minimum absolute atomic E-state index is 0.0434. The molecule has 4 nitrogen and oxygen atoms in total. The monoisotopic (exact) mass is 332 g/mol. The molecule has 0 saturated heterocycles. The van der Waals surface area contributed by atoms with Crippen molar-refractivity contribution >= 4 is 17.5 Å². The molecule has 1 unspecified atom stereocenters. The predicted molar refractivity (Wildman–Crippen MR) is 97.0 cm³/mol. The maximum atomic E-state index is 12.7. The number of anilines is 1. The summed E-state index contributed by atoms with van der Waals surface area (Å²) in [5.74, 6) is -0.102. The lowest BCUT2D eigenvalue weighted by Crippen LogP contribution is -2.22. The molecule has 0 aromatic heterocycles. The van der Waals surface area contributed by atoms with Gasteiger partial charge in [0.15, 0.2) is 0 Å². The Morgan fingerprint density at radius 3 is 2.72 bits per heavy atom. The summed E-state index contributed by atoms with van der Waals surface area (Å²) in [6.45, 7) is 4.71. The van der Waals surface area contributed by atoms with Gasteiger partial charge < -0.3 is 10.2 Å². The normalized spacial score (nSPS) is 17.8. The molecular formula is C21H20N2O2. The van der Waals surface area contributed by atoms with E-state index in [9.17, 15) is 9.59 Å². The van der Waals surface area contributed by atoms with Gasteiger partial charge in [-0.15, -0.1) is 0 Å². The van der Waals surface area contributed by atoms with E-state index in [-0.39, 0.29) is 17.7 Å². The number of amides is 2. The Balaban J connectivity index is 1.49. The van der Waals surface area contributed by atoms with Gasteiger partial charge in [-0.2, -0.15) is 0 Å². The fourth-order valence-electron chi connectivity index (χ4n) is 3.82. The first-order valence-electron chi connectivity index (χ1n) is 8.57. The molecule has 2 amide bonds. The van der Waals surface area contributed by atoms with E-state index >= 15 is 0 Å². The molecule has 1 N–H and O–H groups in total. The van der Waals surface area contributed by atoms with Gasteiger partial charge in [0.05, 0.1) is 5.92 Å². The van der Waals surface area contributed by atoms with Crippen molar-refractivity contribution in [2.45, 2.75) is 31.8 Å². The number of nitrogens with zero attached hydrogens (tertiary/aromatic N) is 1. The third-order valence-corrected chi connectivity index (χ3v) is 5.13. The van der Waals surface area contributed by atoms with Gasteiger partial charge in [0.2, 0.25) is 11.8 Å². The molecule has 1 aliphatic heterocycles. The second-order valence-corrected chi connectivity index (χ2v) is 6.66. The number of benzene rings is 2. The third-order valence-electron chi connectivity index (χ3n) is 5.13. The summed E-state index contributed by atoms with van der Waals surface area (Å²) in [6, 6.07) is 14.0. The van der Waals surface area contributed by atoms with Crippen molar-refractivity contribution in [2.75, 3.05) is 5.32 Å². The van der Waals surface area contributed by atoms with E-state index in [1.54, 1.807) is 4.90 Å². The molecule has 0 fully saturated rings. The molecule has 2 aliphatic rings. The van der Waals surface area contributed by atoms with E-state index < -0.39 is 0 Å². The van der Waals surface area contributed by atoms with Crippen LogP contribution in [0.3, 0.4) is 0 Å². The zero-order chi connectivity index (χ0) is 17.4. The van der Waals surface area contributed by atoms with E-state index in [0.717, 1.165) is 35.2 Å². The minimum atomic E-state index is -0.0803. The van der Waals surface area contributed by atoms with Gasteiger partial charge >= 0.3 is 0 Å². The molecule has 1 heterocycles. The van der Waals surface area contributed by atoms with Crippen LogP contribution in [0.2, 0.25) is 0 Å². The minimum Gasteiger partial charge on any atom is -0.331 e. The van der Waals surface area contributed by atoms with Gasteiger partial charge in [-0.3, -0.25) is 9.59 Å². The van der Waals surface area contributed by atoms with Crippen molar-refractivity contribution in [1.29, 1.82) is 0 Å². The summed E-state index contributed by atoms with van der Waals surface area (Å²) < 4.78 is 0. The highest BCUT2D eigenvalue weighted by atomic mass is 16.2. The molecular weight excluding hydrogens is 312 g/mol. The van der Waals surface area contributed by atoms with Crippen LogP contribution in [0.25, 0.3) is 0 Å². The van der Waals surface area contributed by atoms with Gasteiger partial charge in [-0.1, -0.05) is 36.9 Å². The topological polar surface area (TPSA) is 49.4 Å². The molecule has 1 aliphatic carbocycles. The van der Waals surface area contributed by atoms with Gasteiger partial charge in [0, 0.05) is 18.8 Å². The zero-order valence-electron chi connectivity index (χ0n) is 14.0. The summed E-state index contributed by atoms with van der Waals surface area (Å²) in [4.78, 5) is 26.2. The molecule has 126 valence electrons. The van der Waals surface area contributed by atoms with Crippen molar-refractivity contribution in [1.82, 2.24) is 4.90 Å². The summed E-state index contributed by atoms with van der Waals surface area (Å²) in [5.41, 5.74) is 5.42. The second-order valence-electron chi connectivity index (χ2n) is 6.66. The van der Waals surface area contributed by atoms with Gasteiger partial charge in [-0.25, -0.2) is 0 Å². The number of nitrogens with one attached hydrogen (secondary N) is 1. The van der Waals surface area contributed by atoms with Crippen LogP contribution in [0.5, 0.6) is 0 Å². The molecule has 1 atom stereocenters. The smallest absolute Gasteiger partial charge is 0.246 e. The van der Waals surface area contributed by atoms with E-state index in [2.05, 4.69) is 18.0 Å². The number of fused-ring (bicyclic) bond motifs is 2. The first-order chi connectivity index (χ1) is 12.2. The summed E-state index contributed by atoms with van der Waals surface area (Å²) in [5, 5.41) is 3.05. The molecule has 25 heavy (non-hydrogen) atoms. The van der Waals surface area contributed by atoms with Crippen molar-refractivity contribution in [3.63, 3.8) is 0 Å². The Morgan fingerprint density at radius 2 is 1.88 bits per heavy atom. The van der Waals surface area contributed by atoms with Crippen LogP contribution < -0.4 is 5.32 Å². The van der Waals surface area contributed by atoms with E-state index in [1.807, 2.05) is 36.4 Å². The lowest BCUT2D eigenvalue weighted by atomic mass is 10.0. The van der Waals surface area contributed by atoms with Crippen LogP contribution in [0.4, 0.5) is 5.69 Å². The number of aryl methyl sites for hydroxylation is 1. The predicted octanol–water partition coefficient (Wildman–Crippen LogP) is 3.38. The Morgan fingerprint density at radius 1 is 1.08 bits per heavy atom. The summed E-state index contributed by atoms with van der Waals surface area (Å²) in [7, 11) is 0. The fourth-order valence-corrected chi connectivity index (χ4v) is 3.82. The second kappa shape index (κ2) is 6.20. The van der Waals surface area contributed by atoms with Crippen LogP contribution in [0, 0.1) is 0 Å². The third kappa shape index (κ3) is 2.84. The highest BCUT2D eigenvalue weighted by Crippen LogP contribution is 2.34. The van der Waals surface area contributed by atoms with Crippen LogP contribution in [-0.2, 0) is 29.1 Å². The molecule has 2 aromatic rings. The van der Waals surface area contributed by atoms with Crippen molar-refractivity contribution in [3.05, 3.63) is 77.4 Å². The Hall–Kier alpha value is -2.88. The first kappa shape index (κ1) is 15.6. The number of hydrogen-bond acceptors (Lipinski definition) is 2. The SMILES string of the molecule is C=CC(=O)N1Cc2ccc(NC(=O)C3CCc4ccccc43)cc2C1. The average Bonchev–Trinajstić information content (AvgIpc) is 3.24. The molecule has 4 rings (SSSR count). The summed E-state index contributed by atoms with van der Waals surface area (Å²) in [6.07, 6.45) is 3.15. The van der Waals surface area contributed by atoms with Gasteiger partial charge in [0.1, 0.15) is 0 Å². The van der Waals surface area contributed by atoms with Gasteiger partial charge in [0.25, 0.3) is 0 Å². The highest BCUT2D eigenvalue weighted by molar-refractivity contribution is 5.96. The van der Waals surface area contributed by atoms with E-state index in [4.69, 9.17) is 0 Å². The molecule has 4 heteroatoms. The fraction of sp³-hybridized carbons (Fsp3) is 0.238. The molecule has 0 radical (unpaired) electrons. The van der Waals surface area contributed by atoms with Crippen LogP contribution in [0.1, 0.15) is 34.6 Å². The molecule has 2 aromatic carbocycles. The Bertz CT molecular complexity index is 872. The van der Waals surface area contributed by atoms with E-state index in [1.165, 1.54) is 11.6 Å². The van der Waals surface area contributed by atoms with Crippen LogP contribution in [-0.4, -0.2) is 16.7 Å². The maximum Gasteiger partial charge on any atom is 0.246 e. The average molecular weight is 332 g/mol. The number of rotatable bonds is 3. The van der Waals surface area contributed by atoms with Gasteiger partial charge in [-0.05, 0) is 53.3 Å². The lowest BCUT2D eigenvalue weighted by Gasteiger charge is -2.13. The van der Waals surface area contributed by atoms with E-state index in [0.29, 0.717) is 13.1 Å². The number of carbonyl (C=O) groups is 2. The highest BCUT2D eigenvalue weighted by Gasteiger charge is 2.28. The van der Waals surface area contributed by atoms with Crippen LogP contribution >= 0.6 is 0 Å². The summed E-state index contributed by atoms with van der Waals surface area (Å²) >= 11 is 0. The number of hydrogen-bond donors (Lipinski definition) is 1. The molecule has 0 bridgehead atoms. The van der Waals surface area contributed by atoms with Crippen molar-refractivity contribution in [3.8, 4) is 0 Å². The number of carbonyl (C=O) groups excluding carboxylic acids is 2. The lowest BCUT2D eigenvalue weighted by molar-refractivity contribution is -0.126. The molecule has 0 spiro atoms. The molecule has 0 saturated carbocycles. The largest absolute Gasteiger partial charge is 0.331 e. The maximum absolute atomic E-state index is 12.7.